The quantitative estimate of drug-likeness (QED) is 0.820. The van der Waals surface area contributed by atoms with Crippen LogP contribution in [-0.2, 0) is 9.59 Å². The molecule has 0 heterocycles. The minimum Gasteiger partial charge on any atom is -0.481 e. The molecule has 0 saturated heterocycles. The smallest absolute Gasteiger partial charge is 0.305 e. The Bertz CT molecular complexity index is 450. The van der Waals surface area contributed by atoms with Crippen molar-refractivity contribution < 1.29 is 19.4 Å². The molecule has 1 unspecified atom stereocenters. The first-order chi connectivity index (χ1) is 8.88. The van der Waals surface area contributed by atoms with E-state index in [1.165, 1.54) is 0 Å². The number of hydrogen-bond donors (Lipinski definition) is 2. The summed E-state index contributed by atoms with van der Waals surface area (Å²) in [6.07, 6.45) is -0.753. The van der Waals surface area contributed by atoms with E-state index in [2.05, 4.69) is 5.32 Å². The lowest BCUT2D eigenvalue weighted by Crippen LogP contribution is -2.37. The normalized spacial score (nSPS) is 11.7. The Morgan fingerprint density at radius 1 is 1.26 bits per heavy atom. The van der Waals surface area contributed by atoms with Crippen molar-refractivity contribution in [3.05, 3.63) is 29.3 Å². The molecular weight excluding hydrogens is 246 g/mol. The zero-order chi connectivity index (χ0) is 14.4. The predicted octanol–water partition coefficient (Wildman–Crippen LogP) is 1.66. The molecule has 1 aromatic carbocycles. The average Bonchev–Trinajstić information content (AvgIpc) is 2.26. The fourth-order valence-electron chi connectivity index (χ4n) is 1.69. The number of carbonyl (C=O) groups is 2. The molecule has 0 fully saturated rings. The number of hydrogen-bond acceptors (Lipinski definition) is 3. The molecule has 19 heavy (non-hydrogen) atoms. The topological polar surface area (TPSA) is 75.6 Å². The summed E-state index contributed by atoms with van der Waals surface area (Å²) in [4.78, 5) is 22.0. The Kier molecular flexibility index (Phi) is 5.36. The summed E-state index contributed by atoms with van der Waals surface area (Å²) in [5.74, 6) is -0.623. The van der Waals surface area contributed by atoms with Crippen LogP contribution in [0.3, 0.4) is 0 Å². The van der Waals surface area contributed by atoms with Gasteiger partial charge in [0, 0.05) is 6.54 Å². The van der Waals surface area contributed by atoms with E-state index in [9.17, 15) is 9.59 Å². The summed E-state index contributed by atoms with van der Waals surface area (Å²) >= 11 is 0. The maximum absolute atomic E-state index is 11.7. The van der Waals surface area contributed by atoms with Crippen molar-refractivity contribution in [3.63, 3.8) is 0 Å². The van der Waals surface area contributed by atoms with Gasteiger partial charge in [-0.1, -0.05) is 6.07 Å². The van der Waals surface area contributed by atoms with Crippen molar-refractivity contribution in [2.45, 2.75) is 33.3 Å². The molecule has 0 bridgehead atoms. The first-order valence-corrected chi connectivity index (χ1v) is 6.13. The number of amides is 1. The highest BCUT2D eigenvalue weighted by atomic mass is 16.5. The van der Waals surface area contributed by atoms with Gasteiger partial charge >= 0.3 is 5.97 Å². The molecular formula is C14H19NO4. The fraction of sp³-hybridized carbons (Fsp3) is 0.429. The summed E-state index contributed by atoms with van der Waals surface area (Å²) in [6, 6.07) is 5.73. The molecule has 0 spiro atoms. The molecule has 0 aliphatic rings. The van der Waals surface area contributed by atoms with Gasteiger partial charge in [-0.25, -0.2) is 0 Å². The Balaban J connectivity index is 2.51. The highest BCUT2D eigenvalue weighted by Gasteiger charge is 2.14. The van der Waals surface area contributed by atoms with E-state index >= 15 is 0 Å². The van der Waals surface area contributed by atoms with Crippen LogP contribution in [0, 0.1) is 13.8 Å². The van der Waals surface area contributed by atoms with Crippen molar-refractivity contribution in [2.24, 2.45) is 0 Å². The molecule has 1 aromatic rings. The Hall–Kier alpha value is -2.04. The largest absolute Gasteiger partial charge is 0.481 e. The third-order valence-corrected chi connectivity index (χ3v) is 2.52. The van der Waals surface area contributed by atoms with Gasteiger partial charge in [0.15, 0.2) is 6.10 Å². The highest BCUT2D eigenvalue weighted by Crippen LogP contribution is 2.17. The summed E-state index contributed by atoms with van der Waals surface area (Å²) in [6.45, 7) is 5.65. The summed E-state index contributed by atoms with van der Waals surface area (Å²) in [5.41, 5.74) is 2.13. The zero-order valence-corrected chi connectivity index (χ0v) is 11.4. The van der Waals surface area contributed by atoms with E-state index in [1.807, 2.05) is 32.0 Å². The van der Waals surface area contributed by atoms with Crippen LogP contribution in [0.4, 0.5) is 0 Å². The van der Waals surface area contributed by atoms with Crippen molar-refractivity contribution in [1.29, 1.82) is 0 Å². The SMILES string of the molecule is Cc1cc(C)cc(OC(C)C(=O)NCCC(=O)O)c1. The Labute approximate surface area is 112 Å². The van der Waals surface area contributed by atoms with Crippen LogP contribution >= 0.6 is 0 Å². The first kappa shape index (κ1) is 15.0. The van der Waals surface area contributed by atoms with E-state index in [-0.39, 0.29) is 18.9 Å². The lowest BCUT2D eigenvalue weighted by molar-refractivity contribution is -0.137. The number of ether oxygens (including phenoxy) is 1. The lowest BCUT2D eigenvalue weighted by atomic mass is 10.1. The van der Waals surface area contributed by atoms with Crippen molar-refractivity contribution >= 4 is 11.9 Å². The monoisotopic (exact) mass is 265 g/mol. The molecule has 5 heteroatoms. The second kappa shape index (κ2) is 6.78. The zero-order valence-electron chi connectivity index (χ0n) is 11.4. The van der Waals surface area contributed by atoms with Crippen LogP contribution in [0.15, 0.2) is 18.2 Å². The van der Waals surface area contributed by atoms with Gasteiger partial charge in [-0.2, -0.15) is 0 Å². The number of benzene rings is 1. The van der Waals surface area contributed by atoms with Crippen LogP contribution in [-0.4, -0.2) is 29.6 Å². The molecule has 0 saturated carbocycles. The Morgan fingerprint density at radius 2 is 1.84 bits per heavy atom. The number of aliphatic carboxylic acids is 1. The van der Waals surface area contributed by atoms with Crippen LogP contribution < -0.4 is 10.1 Å². The average molecular weight is 265 g/mol. The van der Waals surface area contributed by atoms with Gasteiger partial charge in [0.2, 0.25) is 0 Å². The van der Waals surface area contributed by atoms with Crippen LogP contribution in [0.1, 0.15) is 24.5 Å². The number of nitrogens with one attached hydrogen (secondary N) is 1. The molecule has 0 aliphatic carbocycles. The van der Waals surface area contributed by atoms with Gasteiger partial charge in [0.1, 0.15) is 5.75 Å². The third-order valence-electron chi connectivity index (χ3n) is 2.52. The van der Waals surface area contributed by atoms with Crippen molar-refractivity contribution in [2.75, 3.05) is 6.54 Å². The molecule has 5 nitrogen and oxygen atoms in total. The molecule has 1 amide bonds. The van der Waals surface area contributed by atoms with E-state index in [0.717, 1.165) is 11.1 Å². The molecule has 0 aliphatic heterocycles. The molecule has 104 valence electrons. The summed E-state index contributed by atoms with van der Waals surface area (Å²) in [5, 5.41) is 11.0. The number of carboxylic acid groups (broad SMARTS) is 1. The molecule has 1 atom stereocenters. The van der Waals surface area contributed by atoms with Gasteiger partial charge in [-0.3, -0.25) is 9.59 Å². The van der Waals surface area contributed by atoms with Crippen LogP contribution in [0.2, 0.25) is 0 Å². The van der Waals surface area contributed by atoms with Gasteiger partial charge in [0.25, 0.3) is 5.91 Å². The van der Waals surface area contributed by atoms with Gasteiger partial charge in [-0.15, -0.1) is 0 Å². The van der Waals surface area contributed by atoms with Crippen molar-refractivity contribution in [3.8, 4) is 5.75 Å². The lowest BCUT2D eigenvalue weighted by Gasteiger charge is -2.15. The second-order valence-corrected chi connectivity index (χ2v) is 4.52. The van der Waals surface area contributed by atoms with Crippen LogP contribution in [0.25, 0.3) is 0 Å². The van der Waals surface area contributed by atoms with E-state index in [0.29, 0.717) is 5.75 Å². The number of aryl methyl sites for hydroxylation is 2. The standard InChI is InChI=1S/C14H19NO4/c1-9-6-10(2)8-12(7-9)19-11(3)14(18)15-5-4-13(16)17/h6-8,11H,4-5H2,1-3H3,(H,15,18)(H,16,17). The molecule has 1 rings (SSSR count). The van der Waals surface area contributed by atoms with E-state index in [1.54, 1.807) is 6.92 Å². The predicted molar refractivity (Wildman–Crippen MR) is 71.3 cm³/mol. The second-order valence-electron chi connectivity index (χ2n) is 4.52. The van der Waals surface area contributed by atoms with Gasteiger partial charge < -0.3 is 15.2 Å². The van der Waals surface area contributed by atoms with E-state index in [4.69, 9.17) is 9.84 Å². The minimum atomic E-state index is -0.941. The van der Waals surface area contributed by atoms with Crippen LogP contribution in [0.5, 0.6) is 5.75 Å². The maximum Gasteiger partial charge on any atom is 0.305 e. The minimum absolute atomic E-state index is 0.0952. The molecule has 2 N–H and O–H groups in total. The van der Waals surface area contributed by atoms with E-state index < -0.39 is 12.1 Å². The molecule has 0 aromatic heterocycles. The molecule has 0 radical (unpaired) electrons. The number of rotatable bonds is 6. The maximum atomic E-state index is 11.7. The summed E-state index contributed by atoms with van der Waals surface area (Å²) < 4.78 is 5.54. The van der Waals surface area contributed by atoms with Gasteiger partial charge in [-0.05, 0) is 44.0 Å². The number of carbonyl (C=O) groups excluding carboxylic acids is 1. The number of carboxylic acids is 1. The van der Waals surface area contributed by atoms with Gasteiger partial charge in [0.05, 0.1) is 6.42 Å². The highest BCUT2D eigenvalue weighted by molar-refractivity contribution is 5.81. The first-order valence-electron chi connectivity index (χ1n) is 6.13. The summed E-state index contributed by atoms with van der Waals surface area (Å²) in [7, 11) is 0. The third kappa shape index (κ3) is 5.42. The fourth-order valence-corrected chi connectivity index (χ4v) is 1.69. The Morgan fingerprint density at radius 3 is 2.37 bits per heavy atom. The van der Waals surface area contributed by atoms with Crippen molar-refractivity contribution in [1.82, 2.24) is 5.32 Å².